The molecule has 2 atom stereocenters. The monoisotopic (exact) mass is 316 g/mol. The lowest BCUT2D eigenvalue weighted by Gasteiger charge is -2.37. The Morgan fingerprint density at radius 1 is 0.905 bits per heavy atom. The van der Waals surface area contributed by atoms with Crippen LogP contribution in [0.1, 0.15) is 23.5 Å². The maximum atomic E-state index is 12.2. The first kappa shape index (κ1) is 14.4. The summed E-state index contributed by atoms with van der Waals surface area (Å²) < 4.78 is 0.181. The number of allylic oxidation sites excluding steroid dienone is 1. The summed E-state index contributed by atoms with van der Waals surface area (Å²) in [5, 5.41) is 0. The molecule has 3 rings (SSSR count). The summed E-state index contributed by atoms with van der Waals surface area (Å²) >= 11 is 12.2. The maximum Gasteiger partial charge on any atom is 0.141 e. The Morgan fingerprint density at radius 3 is 2.00 bits per heavy atom. The minimum Gasteiger partial charge on any atom is -0.299 e. The summed E-state index contributed by atoms with van der Waals surface area (Å²) in [5.74, 6) is 0.0997. The van der Waals surface area contributed by atoms with E-state index in [1.807, 2.05) is 48.5 Å². The van der Waals surface area contributed by atoms with E-state index in [4.69, 9.17) is 23.2 Å². The fourth-order valence-corrected chi connectivity index (χ4v) is 3.38. The average molecular weight is 317 g/mol. The molecule has 0 aromatic heterocycles. The number of Topliss-reactive ketones (excluding diaryl/α,β-unsaturated/α-hetero) is 1. The van der Waals surface area contributed by atoms with Crippen molar-refractivity contribution in [2.24, 2.45) is 5.92 Å². The van der Waals surface area contributed by atoms with Gasteiger partial charge in [-0.15, -0.1) is 0 Å². The van der Waals surface area contributed by atoms with Gasteiger partial charge in [0, 0.05) is 17.9 Å². The summed E-state index contributed by atoms with van der Waals surface area (Å²) in [6.07, 6.45) is 0.548. The third-order valence-corrected chi connectivity index (χ3v) is 4.40. The molecule has 1 fully saturated rings. The normalized spacial score (nSPS) is 20.8. The van der Waals surface area contributed by atoms with E-state index in [2.05, 4.69) is 12.1 Å². The van der Waals surface area contributed by atoms with Crippen LogP contribution < -0.4 is 0 Å². The van der Waals surface area contributed by atoms with E-state index >= 15 is 0 Å². The Labute approximate surface area is 134 Å². The van der Waals surface area contributed by atoms with Crippen LogP contribution in [0.5, 0.6) is 0 Å². The van der Waals surface area contributed by atoms with Gasteiger partial charge in [0.15, 0.2) is 0 Å². The lowest BCUT2D eigenvalue weighted by molar-refractivity contribution is -0.128. The Hall–Kier alpha value is -1.57. The van der Waals surface area contributed by atoms with E-state index in [0.717, 1.165) is 16.7 Å². The fourth-order valence-electron chi connectivity index (χ4n) is 2.92. The molecule has 0 bridgehead atoms. The molecule has 1 aliphatic rings. The molecule has 0 N–H and O–H groups in total. The number of ketones is 1. The molecule has 3 heteroatoms. The molecule has 1 nitrogen and oxygen atoms in total. The summed E-state index contributed by atoms with van der Waals surface area (Å²) in [6.45, 7) is 0. The van der Waals surface area contributed by atoms with Crippen LogP contribution in [0.15, 0.2) is 65.2 Å². The number of rotatable bonds is 3. The summed E-state index contributed by atoms with van der Waals surface area (Å²) in [7, 11) is 0. The highest BCUT2D eigenvalue weighted by molar-refractivity contribution is 6.58. The second-order valence-electron chi connectivity index (χ2n) is 5.21. The van der Waals surface area contributed by atoms with Crippen molar-refractivity contribution in [3.63, 3.8) is 0 Å². The number of hydrogen-bond donors (Lipinski definition) is 0. The van der Waals surface area contributed by atoms with Gasteiger partial charge in [-0.2, -0.15) is 0 Å². The molecule has 0 unspecified atom stereocenters. The molecule has 2 aromatic rings. The highest BCUT2D eigenvalue weighted by Gasteiger charge is 2.43. The summed E-state index contributed by atoms with van der Waals surface area (Å²) in [6, 6.07) is 19.7. The largest absolute Gasteiger partial charge is 0.299 e. The van der Waals surface area contributed by atoms with Gasteiger partial charge >= 0.3 is 0 Å². The van der Waals surface area contributed by atoms with Crippen LogP contribution in [0.25, 0.3) is 5.57 Å². The van der Waals surface area contributed by atoms with Gasteiger partial charge in [-0.05, 0) is 11.1 Å². The van der Waals surface area contributed by atoms with E-state index in [1.165, 1.54) is 0 Å². The molecular formula is C18H14Cl2O. The van der Waals surface area contributed by atoms with Crippen molar-refractivity contribution in [1.29, 1.82) is 0 Å². The molecule has 0 aliphatic heterocycles. The molecule has 0 spiro atoms. The van der Waals surface area contributed by atoms with Crippen LogP contribution in [0.3, 0.4) is 0 Å². The van der Waals surface area contributed by atoms with Crippen LogP contribution in [-0.2, 0) is 4.79 Å². The predicted octanol–water partition coefficient (Wildman–Crippen LogP) is 5.21. The Kier molecular flexibility index (Phi) is 4.14. The van der Waals surface area contributed by atoms with Crippen molar-refractivity contribution in [1.82, 2.24) is 0 Å². The third-order valence-electron chi connectivity index (χ3n) is 4.00. The van der Waals surface area contributed by atoms with Gasteiger partial charge in [-0.3, -0.25) is 4.79 Å². The number of halogens is 2. The summed E-state index contributed by atoms with van der Waals surface area (Å²) in [4.78, 5) is 12.2. The van der Waals surface area contributed by atoms with E-state index in [1.54, 1.807) is 0 Å². The van der Waals surface area contributed by atoms with Crippen LogP contribution >= 0.6 is 23.2 Å². The maximum absolute atomic E-state index is 12.2. The molecule has 106 valence electrons. The van der Waals surface area contributed by atoms with E-state index < -0.39 is 0 Å². The Morgan fingerprint density at radius 2 is 1.48 bits per heavy atom. The van der Waals surface area contributed by atoms with Gasteiger partial charge in [0.25, 0.3) is 0 Å². The van der Waals surface area contributed by atoms with E-state index in [-0.39, 0.29) is 22.1 Å². The molecule has 0 amide bonds. The zero-order chi connectivity index (χ0) is 14.8. The third kappa shape index (κ3) is 2.76. The Balaban J connectivity index is 2.00. The van der Waals surface area contributed by atoms with Crippen molar-refractivity contribution in [2.45, 2.75) is 12.3 Å². The van der Waals surface area contributed by atoms with E-state index in [9.17, 15) is 4.79 Å². The van der Waals surface area contributed by atoms with Crippen molar-refractivity contribution in [2.75, 3.05) is 0 Å². The molecule has 0 radical (unpaired) electrons. The zero-order valence-corrected chi connectivity index (χ0v) is 12.8. The molecule has 21 heavy (non-hydrogen) atoms. The quantitative estimate of drug-likeness (QED) is 0.760. The first-order chi connectivity index (χ1) is 10.2. The van der Waals surface area contributed by atoms with Gasteiger partial charge in [-0.25, -0.2) is 0 Å². The van der Waals surface area contributed by atoms with Crippen LogP contribution in [-0.4, -0.2) is 5.78 Å². The second kappa shape index (κ2) is 6.05. The second-order valence-corrected chi connectivity index (χ2v) is 6.15. The SMILES string of the molecule is O=C1C[C@H](c2ccccc2)[C@@H]1C(=C(Cl)Cl)c1ccccc1. The average Bonchev–Trinajstić information content (AvgIpc) is 2.51. The van der Waals surface area contributed by atoms with Gasteiger partial charge < -0.3 is 0 Å². The molecule has 0 heterocycles. The van der Waals surface area contributed by atoms with Gasteiger partial charge in [0.2, 0.25) is 0 Å². The topological polar surface area (TPSA) is 17.1 Å². The minimum atomic E-state index is -0.250. The molecule has 1 aliphatic carbocycles. The van der Waals surface area contributed by atoms with E-state index in [0.29, 0.717) is 6.42 Å². The standard InChI is InChI=1S/C18H14Cl2O/c19-18(20)16(13-9-5-2-6-10-13)17-14(11-15(17)21)12-7-3-1-4-8-12/h1-10,14,17H,11H2/t14-,17+/m1/s1. The number of carbonyl (C=O) groups excluding carboxylic acids is 1. The van der Waals surface area contributed by atoms with Gasteiger partial charge in [0.05, 0.1) is 5.92 Å². The zero-order valence-electron chi connectivity index (χ0n) is 11.3. The number of benzene rings is 2. The molecule has 1 saturated carbocycles. The molecule has 0 saturated heterocycles. The predicted molar refractivity (Wildman–Crippen MR) is 87.4 cm³/mol. The highest BCUT2D eigenvalue weighted by Crippen LogP contribution is 2.49. The van der Waals surface area contributed by atoms with Crippen molar-refractivity contribution in [3.05, 3.63) is 76.3 Å². The molecule has 2 aromatic carbocycles. The smallest absolute Gasteiger partial charge is 0.141 e. The lowest BCUT2D eigenvalue weighted by Crippen LogP contribution is -2.36. The van der Waals surface area contributed by atoms with Gasteiger partial charge in [-0.1, -0.05) is 83.9 Å². The summed E-state index contributed by atoms with van der Waals surface area (Å²) in [5.41, 5.74) is 2.81. The van der Waals surface area contributed by atoms with Crippen molar-refractivity contribution < 1.29 is 4.79 Å². The first-order valence-corrected chi connectivity index (χ1v) is 7.62. The van der Waals surface area contributed by atoms with Crippen molar-refractivity contribution >= 4 is 34.6 Å². The number of hydrogen-bond acceptors (Lipinski definition) is 1. The minimum absolute atomic E-state index is 0.154. The molecular weight excluding hydrogens is 303 g/mol. The first-order valence-electron chi connectivity index (χ1n) is 6.86. The van der Waals surface area contributed by atoms with Crippen LogP contribution in [0, 0.1) is 5.92 Å². The lowest BCUT2D eigenvalue weighted by atomic mass is 9.64. The van der Waals surface area contributed by atoms with Crippen LogP contribution in [0.2, 0.25) is 0 Å². The van der Waals surface area contributed by atoms with Crippen molar-refractivity contribution in [3.8, 4) is 0 Å². The van der Waals surface area contributed by atoms with Crippen LogP contribution in [0.4, 0.5) is 0 Å². The fraction of sp³-hybridized carbons (Fsp3) is 0.167. The highest BCUT2D eigenvalue weighted by atomic mass is 35.5. The number of carbonyl (C=O) groups is 1. The Bertz CT molecular complexity index is 673. The van der Waals surface area contributed by atoms with Gasteiger partial charge in [0.1, 0.15) is 10.3 Å².